The molecule has 2 fully saturated rings. The van der Waals surface area contributed by atoms with E-state index >= 15 is 0 Å². The van der Waals surface area contributed by atoms with Crippen LogP contribution in [0.25, 0.3) is 0 Å². The molecule has 0 aliphatic carbocycles. The van der Waals surface area contributed by atoms with E-state index in [0.717, 1.165) is 45.1 Å². The normalized spacial score (nSPS) is 28.3. The van der Waals surface area contributed by atoms with Gasteiger partial charge >= 0.3 is 5.97 Å². The number of unbranched alkanes of at least 4 members (excludes halogenated alkanes) is 12. The minimum atomic E-state index is -1.46. The molecule has 0 aromatic rings. The highest BCUT2D eigenvalue weighted by Gasteiger charge is 2.50. The lowest BCUT2D eigenvalue weighted by Crippen LogP contribution is -2.66. The van der Waals surface area contributed by atoms with Crippen LogP contribution in [-0.2, 0) is 19.1 Å². The number of esters is 1. The Hall–Kier alpha value is -0.620. The fourth-order valence-corrected chi connectivity index (χ4v) is 7.46. The number of rotatable bonds is 22. The van der Waals surface area contributed by atoms with Crippen LogP contribution in [0.3, 0.4) is 0 Å². The van der Waals surface area contributed by atoms with Crippen molar-refractivity contribution in [3.05, 3.63) is 0 Å². The minimum absolute atomic E-state index is 0. The van der Waals surface area contributed by atoms with Gasteiger partial charge in [0.1, 0.15) is 23.7 Å². The Morgan fingerprint density at radius 1 is 0.933 bits per heavy atom. The number of nitrogens with zero attached hydrogens (tertiary/aromatic N) is 1. The van der Waals surface area contributed by atoms with Crippen LogP contribution in [0.4, 0.5) is 0 Å². The van der Waals surface area contributed by atoms with E-state index in [1.54, 1.807) is 6.26 Å². The number of nitrogens with one attached hydrogen (secondary N) is 1. The van der Waals surface area contributed by atoms with E-state index < -0.39 is 48.0 Å². The van der Waals surface area contributed by atoms with E-state index in [2.05, 4.69) is 19.2 Å². The van der Waals surface area contributed by atoms with Crippen molar-refractivity contribution in [2.24, 2.45) is 5.92 Å². The van der Waals surface area contributed by atoms with E-state index in [1.165, 1.54) is 82.9 Å². The Morgan fingerprint density at radius 3 is 2.00 bits per heavy atom. The van der Waals surface area contributed by atoms with Gasteiger partial charge in [-0.2, -0.15) is 0 Å². The number of carbonyl (C=O) groups is 2. The highest BCUT2D eigenvalue weighted by Crippen LogP contribution is 2.32. The van der Waals surface area contributed by atoms with Crippen molar-refractivity contribution >= 4 is 36.0 Å². The van der Waals surface area contributed by atoms with Crippen LogP contribution in [0, 0.1) is 5.92 Å². The molecule has 0 aromatic heterocycles. The second-order valence-electron chi connectivity index (χ2n) is 13.3. The smallest absolute Gasteiger partial charge is 0.306 e. The molecule has 2 saturated heterocycles. The largest absolute Gasteiger partial charge is 0.456 e. The molecule has 9 atom stereocenters. The lowest BCUT2D eigenvalue weighted by molar-refractivity contribution is -0.223. The molecule has 266 valence electrons. The third-order valence-electron chi connectivity index (χ3n) is 9.38. The minimum Gasteiger partial charge on any atom is -0.456 e. The van der Waals surface area contributed by atoms with E-state index in [9.17, 15) is 24.9 Å². The number of thioether (sulfide) groups is 1. The maximum Gasteiger partial charge on any atom is 0.306 e. The third kappa shape index (κ3) is 14.6. The van der Waals surface area contributed by atoms with Crippen LogP contribution in [0.2, 0.25) is 0 Å². The molecule has 2 heterocycles. The highest BCUT2D eigenvalue weighted by atomic mass is 35.5. The van der Waals surface area contributed by atoms with Crippen LogP contribution in [0.15, 0.2) is 0 Å². The molecular formula is C34H65ClN2O7S. The zero-order valence-electron chi connectivity index (χ0n) is 28.7. The number of hydrogen-bond acceptors (Lipinski definition) is 9. The Labute approximate surface area is 283 Å². The number of ether oxygens (including phenoxy) is 2. The fourth-order valence-electron chi connectivity index (χ4n) is 6.74. The quantitative estimate of drug-likeness (QED) is 0.0854. The van der Waals surface area contributed by atoms with Gasteiger partial charge in [0.05, 0.1) is 18.2 Å². The first kappa shape index (κ1) is 42.4. The molecule has 2 aliphatic heterocycles. The molecule has 0 bridgehead atoms. The van der Waals surface area contributed by atoms with E-state index in [1.807, 2.05) is 11.9 Å². The summed E-state index contributed by atoms with van der Waals surface area (Å²) in [5.41, 5.74) is -0.754. The summed E-state index contributed by atoms with van der Waals surface area (Å²) in [6, 6.07) is -1.27. The van der Waals surface area contributed by atoms with Gasteiger partial charge in [0, 0.05) is 13.0 Å². The second kappa shape index (κ2) is 23.7. The number of aliphatic hydroxyl groups is 3. The molecule has 4 N–H and O–H groups in total. The first-order valence-electron chi connectivity index (χ1n) is 17.6. The van der Waals surface area contributed by atoms with Gasteiger partial charge in [-0.05, 0) is 45.4 Å². The summed E-state index contributed by atoms with van der Waals surface area (Å²) in [4.78, 5) is 27.9. The Bertz CT molecular complexity index is 809. The van der Waals surface area contributed by atoms with Crippen molar-refractivity contribution in [1.29, 1.82) is 0 Å². The van der Waals surface area contributed by atoms with E-state index in [0.29, 0.717) is 5.92 Å². The van der Waals surface area contributed by atoms with Crippen LogP contribution in [-0.4, -0.2) is 100.0 Å². The molecule has 1 amide bonds. The Morgan fingerprint density at radius 2 is 1.49 bits per heavy atom. The molecule has 2 rings (SSSR count). The third-order valence-corrected chi connectivity index (χ3v) is 10.2. The van der Waals surface area contributed by atoms with Crippen molar-refractivity contribution in [1.82, 2.24) is 10.2 Å². The average Bonchev–Trinajstić information content (AvgIpc) is 3.36. The molecule has 0 aromatic carbocycles. The van der Waals surface area contributed by atoms with Gasteiger partial charge in [-0.3, -0.25) is 14.5 Å². The van der Waals surface area contributed by atoms with Crippen LogP contribution >= 0.6 is 24.2 Å². The standard InChI is InChI=1S/C34H64N2O7S.ClH/c1-6-8-9-10-11-12-13-14-15-16-17-18-19-21-27(38)42-32-30(40)29(39)31(43-34(32)44-5)28(24(3)37)35-33(41)26-22-25(20-7-2)23-36(26)4;/h24-26,28-32,34,37,39-40H,6-23H2,1-5H3,(H,35,41);1H/t24-,25-,26+,28-,29-,30+,31-,32-,34-;/m1./s1. The molecule has 0 saturated carbocycles. The van der Waals surface area contributed by atoms with Crippen LogP contribution in [0.5, 0.6) is 0 Å². The number of halogens is 1. The molecular weight excluding hydrogens is 616 g/mol. The summed E-state index contributed by atoms with van der Waals surface area (Å²) in [5, 5.41) is 35.6. The van der Waals surface area contributed by atoms with Crippen molar-refractivity contribution < 1.29 is 34.4 Å². The zero-order chi connectivity index (χ0) is 32.5. The maximum atomic E-state index is 13.2. The molecule has 9 nitrogen and oxygen atoms in total. The van der Waals surface area contributed by atoms with Crippen molar-refractivity contribution in [3.63, 3.8) is 0 Å². The number of aliphatic hydroxyl groups excluding tert-OH is 3. The summed E-state index contributed by atoms with van der Waals surface area (Å²) in [5.74, 6) is -0.203. The van der Waals surface area contributed by atoms with Gasteiger partial charge in [0.2, 0.25) is 5.91 Å². The molecule has 0 spiro atoms. The summed E-state index contributed by atoms with van der Waals surface area (Å²) in [6.45, 7) is 6.75. The van der Waals surface area contributed by atoms with Gasteiger partial charge in [-0.1, -0.05) is 97.3 Å². The lowest BCUT2D eigenvalue weighted by atomic mass is 9.91. The van der Waals surface area contributed by atoms with E-state index in [4.69, 9.17) is 9.47 Å². The van der Waals surface area contributed by atoms with Gasteiger partial charge in [-0.25, -0.2) is 0 Å². The number of likely N-dealkylation sites (tertiary alicyclic amines) is 1. The predicted octanol–water partition coefficient (Wildman–Crippen LogP) is 5.60. The van der Waals surface area contributed by atoms with E-state index in [-0.39, 0.29) is 30.8 Å². The zero-order valence-corrected chi connectivity index (χ0v) is 30.3. The summed E-state index contributed by atoms with van der Waals surface area (Å²) < 4.78 is 11.7. The Balaban J connectivity index is 0.0000101. The first-order chi connectivity index (χ1) is 21.1. The summed E-state index contributed by atoms with van der Waals surface area (Å²) >= 11 is 1.26. The fraction of sp³-hybridized carbons (Fsp3) is 0.941. The topological polar surface area (TPSA) is 129 Å². The average molecular weight is 681 g/mol. The van der Waals surface area contributed by atoms with Gasteiger partial charge in [0.15, 0.2) is 6.10 Å². The molecule has 0 unspecified atom stereocenters. The first-order valence-corrected chi connectivity index (χ1v) is 18.9. The van der Waals surface area contributed by atoms with Crippen molar-refractivity contribution in [2.75, 3.05) is 19.8 Å². The SMILES string of the molecule is CCCCCCCCCCCCCCCC(=O)O[C@@H]1[C@@H](O)[C@@H](O)[C@@H]([C@H](NC(=O)[C@@H]2C[C@@H](CCC)CN2C)[C@@H](C)O)O[C@@H]1SC.Cl. The Kier molecular flexibility index (Phi) is 22.3. The summed E-state index contributed by atoms with van der Waals surface area (Å²) in [6.07, 6.45) is 14.7. The number of hydrogen-bond donors (Lipinski definition) is 4. The monoisotopic (exact) mass is 680 g/mol. The van der Waals surface area contributed by atoms with Crippen LogP contribution in [0.1, 0.15) is 130 Å². The molecule has 45 heavy (non-hydrogen) atoms. The van der Waals surface area contributed by atoms with Gasteiger partial charge in [0.25, 0.3) is 0 Å². The van der Waals surface area contributed by atoms with Crippen molar-refractivity contribution in [2.45, 2.75) is 178 Å². The lowest BCUT2D eigenvalue weighted by Gasteiger charge is -2.45. The second-order valence-corrected chi connectivity index (χ2v) is 14.2. The maximum absolute atomic E-state index is 13.2. The van der Waals surface area contributed by atoms with Gasteiger partial charge < -0.3 is 30.1 Å². The highest BCUT2D eigenvalue weighted by molar-refractivity contribution is 7.99. The predicted molar refractivity (Wildman–Crippen MR) is 185 cm³/mol. The van der Waals surface area contributed by atoms with Gasteiger partial charge in [-0.15, -0.1) is 24.2 Å². The molecule has 0 radical (unpaired) electrons. The molecule has 11 heteroatoms. The number of carbonyl (C=O) groups excluding carboxylic acids is 2. The number of likely N-dealkylation sites (N-methyl/N-ethyl adjacent to an activating group) is 1. The number of amides is 1. The van der Waals surface area contributed by atoms with Crippen LogP contribution < -0.4 is 5.32 Å². The van der Waals surface area contributed by atoms with Crippen molar-refractivity contribution in [3.8, 4) is 0 Å². The summed E-state index contributed by atoms with van der Waals surface area (Å²) in [7, 11) is 1.92. The molecule has 2 aliphatic rings.